The lowest BCUT2D eigenvalue weighted by Gasteiger charge is -2.29. The summed E-state index contributed by atoms with van der Waals surface area (Å²) in [7, 11) is 0. The highest BCUT2D eigenvalue weighted by atomic mass is 16.3. The topological polar surface area (TPSA) is 79.2 Å². The normalized spacial score (nSPS) is 16.9. The minimum atomic E-state index is 0.0800. The molecule has 0 radical (unpaired) electrons. The zero-order chi connectivity index (χ0) is 20.5. The first-order chi connectivity index (χ1) is 14.2. The molecule has 2 aromatic rings. The summed E-state index contributed by atoms with van der Waals surface area (Å²) >= 11 is 0. The Labute approximate surface area is 173 Å². The summed E-state index contributed by atoms with van der Waals surface area (Å²) in [5, 5.41) is 31.3. The predicted octanol–water partition coefficient (Wildman–Crippen LogP) is 2.72. The molecule has 2 fully saturated rings. The van der Waals surface area contributed by atoms with Crippen LogP contribution in [0.3, 0.4) is 0 Å². The van der Waals surface area contributed by atoms with Crippen LogP contribution in [0.15, 0.2) is 42.5 Å². The number of rotatable bonds is 4. The molecule has 0 bridgehead atoms. The van der Waals surface area contributed by atoms with E-state index in [4.69, 9.17) is 5.11 Å². The van der Waals surface area contributed by atoms with Crippen molar-refractivity contribution in [2.24, 2.45) is 0 Å². The summed E-state index contributed by atoms with van der Waals surface area (Å²) in [6.07, 6.45) is 4.30. The molecular formula is C23H33N3O3. The zero-order valence-corrected chi connectivity index (χ0v) is 17.1. The second-order valence-corrected chi connectivity index (χ2v) is 7.59. The summed E-state index contributed by atoms with van der Waals surface area (Å²) in [6.45, 7) is 6.33. The first-order valence-electron chi connectivity index (χ1n) is 10.6. The fourth-order valence-electron chi connectivity index (χ4n) is 3.85. The molecule has 2 aromatic carbocycles. The van der Waals surface area contributed by atoms with Gasteiger partial charge in [0.1, 0.15) is 11.5 Å². The maximum atomic E-state index is 9.82. The van der Waals surface area contributed by atoms with Crippen LogP contribution in [0.2, 0.25) is 0 Å². The predicted molar refractivity (Wildman–Crippen MR) is 118 cm³/mol. The highest BCUT2D eigenvalue weighted by Gasteiger charge is 2.12. The van der Waals surface area contributed by atoms with Gasteiger partial charge in [0, 0.05) is 69.4 Å². The van der Waals surface area contributed by atoms with Gasteiger partial charge in [-0.15, -0.1) is 0 Å². The first-order valence-corrected chi connectivity index (χ1v) is 10.6. The third-order valence-corrected chi connectivity index (χ3v) is 5.48. The number of piperazine rings is 1. The average Bonchev–Trinajstić information content (AvgIpc) is 2.77. The number of aromatic hydroxyl groups is 2. The molecule has 4 rings (SSSR count). The van der Waals surface area contributed by atoms with Gasteiger partial charge in [-0.05, 0) is 49.4 Å². The first kappa shape index (κ1) is 21.3. The van der Waals surface area contributed by atoms with Gasteiger partial charge in [0.25, 0.3) is 0 Å². The molecule has 29 heavy (non-hydrogen) atoms. The number of phenolic OH excluding ortho intramolecular Hbond substituents is 2. The lowest BCUT2D eigenvalue weighted by molar-refractivity contribution is 0.297. The molecule has 0 spiro atoms. The van der Waals surface area contributed by atoms with Crippen molar-refractivity contribution in [3.05, 3.63) is 48.0 Å². The van der Waals surface area contributed by atoms with Crippen molar-refractivity contribution >= 4 is 11.4 Å². The Morgan fingerprint density at radius 2 is 1.48 bits per heavy atom. The van der Waals surface area contributed by atoms with Crippen molar-refractivity contribution in [3.63, 3.8) is 0 Å². The minimum Gasteiger partial charge on any atom is -0.508 e. The lowest BCUT2D eigenvalue weighted by Crippen LogP contribution is -2.43. The van der Waals surface area contributed by atoms with Gasteiger partial charge in [-0.1, -0.05) is 12.1 Å². The fourth-order valence-corrected chi connectivity index (χ4v) is 3.85. The summed E-state index contributed by atoms with van der Waals surface area (Å²) in [4.78, 5) is 4.59. The highest BCUT2D eigenvalue weighted by molar-refractivity contribution is 5.53. The van der Waals surface area contributed by atoms with E-state index in [1.54, 1.807) is 6.07 Å². The van der Waals surface area contributed by atoms with Crippen molar-refractivity contribution in [3.8, 4) is 11.5 Å². The molecular weight excluding hydrogens is 366 g/mol. The molecule has 0 atom stereocenters. The molecule has 0 unspecified atom stereocenters. The number of piperidine rings is 1. The molecule has 0 saturated carbocycles. The molecule has 4 N–H and O–H groups in total. The fraction of sp³-hybridized carbons (Fsp3) is 0.478. The van der Waals surface area contributed by atoms with Crippen molar-refractivity contribution < 1.29 is 15.3 Å². The summed E-state index contributed by atoms with van der Waals surface area (Å²) in [6, 6.07) is 13.2. The number of aliphatic hydroxyl groups is 1. The van der Waals surface area contributed by atoms with Crippen molar-refractivity contribution in [2.45, 2.75) is 25.7 Å². The minimum absolute atomic E-state index is 0.0800. The van der Waals surface area contributed by atoms with E-state index in [9.17, 15) is 10.2 Å². The van der Waals surface area contributed by atoms with Crippen LogP contribution in [0.4, 0.5) is 11.4 Å². The summed E-state index contributed by atoms with van der Waals surface area (Å²) in [5.74, 6) is 0.646. The Hall–Kier alpha value is -2.44. The Bertz CT molecular complexity index is 757. The SMILES string of the molecule is OCCc1ccc(N2CCCCC2)cc1O.Oc1cccc(N2CCNCC2)c1. The largest absolute Gasteiger partial charge is 0.508 e. The van der Waals surface area contributed by atoms with Crippen LogP contribution in [0, 0.1) is 0 Å². The molecule has 158 valence electrons. The van der Waals surface area contributed by atoms with Gasteiger partial charge >= 0.3 is 0 Å². The van der Waals surface area contributed by atoms with E-state index in [1.807, 2.05) is 36.4 Å². The molecule has 2 saturated heterocycles. The average molecular weight is 400 g/mol. The Morgan fingerprint density at radius 3 is 2.14 bits per heavy atom. The van der Waals surface area contributed by atoms with Gasteiger partial charge < -0.3 is 30.4 Å². The van der Waals surface area contributed by atoms with E-state index in [1.165, 1.54) is 19.3 Å². The molecule has 0 aromatic heterocycles. The van der Waals surface area contributed by atoms with E-state index >= 15 is 0 Å². The van der Waals surface area contributed by atoms with Crippen molar-refractivity contribution in [2.75, 3.05) is 55.7 Å². The van der Waals surface area contributed by atoms with Crippen LogP contribution >= 0.6 is 0 Å². The maximum absolute atomic E-state index is 9.82. The Kier molecular flexibility index (Phi) is 8.02. The van der Waals surface area contributed by atoms with E-state index in [-0.39, 0.29) is 6.61 Å². The maximum Gasteiger partial charge on any atom is 0.120 e. The van der Waals surface area contributed by atoms with Crippen LogP contribution in [0.25, 0.3) is 0 Å². The number of hydrogen-bond donors (Lipinski definition) is 4. The van der Waals surface area contributed by atoms with Gasteiger partial charge in [0.05, 0.1) is 0 Å². The second kappa shape index (κ2) is 10.9. The monoisotopic (exact) mass is 399 g/mol. The Balaban J connectivity index is 0.000000169. The molecule has 2 aliphatic rings. The molecule has 2 heterocycles. The van der Waals surface area contributed by atoms with Gasteiger partial charge in [-0.3, -0.25) is 0 Å². The van der Waals surface area contributed by atoms with Gasteiger partial charge in [-0.25, -0.2) is 0 Å². The van der Waals surface area contributed by atoms with E-state index in [0.29, 0.717) is 17.9 Å². The van der Waals surface area contributed by atoms with Crippen molar-refractivity contribution in [1.29, 1.82) is 0 Å². The van der Waals surface area contributed by atoms with Crippen LogP contribution in [0.1, 0.15) is 24.8 Å². The van der Waals surface area contributed by atoms with Gasteiger partial charge in [0.15, 0.2) is 0 Å². The number of anilines is 2. The quantitative estimate of drug-likeness (QED) is 0.633. The number of hydrogen-bond acceptors (Lipinski definition) is 6. The van der Waals surface area contributed by atoms with Gasteiger partial charge in [0.2, 0.25) is 0 Å². The van der Waals surface area contributed by atoms with Crippen LogP contribution < -0.4 is 15.1 Å². The van der Waals surface area contributed by atoms with E-state index in [2.05, 4.69) is 15.1 Å². The highest BCUT2D eigenvalue weighted by Crippen LogP contribution is 2.27. The van der Waals surface area contributed by atoms with Crippen molar-refractivity contribution in [1.82, 2.24) is 5.32 Å². The standard InChI is InChI=1S/C13H19NO2.C10H14N2O/c15-9-6-11-4-5-12(10-13(11)16)14-7-2-1-3-8-14;13-10-3-1-2-9(8-10)12-6-4-11-5-7-12/h4-5,10,15-16H,1-3,6-9H2;1-3,8,11,13H,4-7H2. The lowest BCUT2D eigenvalue weighted by atomic mass is 10.1. The molecule has 0 amide bonds. The number of nitrogens with zero attached hydrogens (tertiary/aromatic N) is 2. The molecule has 0 aliphatic carbocycles. The van der Waals surface area contributed by atoms with Crippen LogP contribution in [-0.2, 0) is 6.42 Å². The molecule has 6 nitrogen and oxygen atoms in total. The smallest absolute Gasteiger partial charge is 0.120 e. The van der Waals surface area contributed by atoms with Crippen LogP contribution in [-0.4, -0.2) is 61.2 Å². The number of phenols is 2. The number of aliphatic hydroxyl groups excluding tert-OH is 1. The molecule has 6 heteroatoms. The molecule has 2 aliphatic heterocycles. The Morgan fingerprint density at radius 1 is 0.793 bits per heavy atom. The van der Waals surface area contributed by atoms with E-state index < -0.39 is 0 Å². The second-order valence-electron chi connectivity index (χ2n) is 7.59. The number of benzene rings is 2. The van der Waals surface area contributed by atoms with Crippen LogP contribution in [0.5, 0.6) is 11.5 Å². The zero-order valence-electron chi connectivity index (χ0n) is 17.1. The third-order valence-electron chi connectivity index (χ3n) is 5.48. The number of nitrogens with one attached hydrogen (secondary N) is 1. The van der Waals surface area contributed by atoms with Gasteiger partial charge in [-0.2, -0.15) is 0 Å². The third kappa shape index (κ3) is 6.27. The summed E-state index contributed by atoms with van der Waals surface area (Å²) in [5.41, 5.74) is 3.03. The summed E-state index contributed by atoms with van der Waals surface area (Å²) < 4.78 is 0. The van der Waals surface area contributed by atoms with E-state index in [0.717, 1.165) is 56.2 Å².